The molecule has 0 bridgehead atoms. The number of Topliss-reactive ketones (excluding diaryl/α,β-unsaturated/α-hetero) is 2. The Labute approximate surface area is 227 Å². The minimum atomic E-state index is -1.36. The number of hydrogen-bond donors (Lipinski definition) is 1. The average Bonchev–Trinajstić information content (AvgIpc) is 3.35. The van der Waals surface area contributed by atoms with E-state index in [4.69, 9.17) is 0 Å². The van der Waals surface area contributed by atoms with E-state index >= 15 is 0 Å². The Balaban J connectivity index is 1.70. The van der Waals surface area contributed by atoms with Crippen molar-refractivity contribution in [3.8, 4) is 0 Å². The minimum Gasteiger partial charge on any atom is -0.352 e. The first kappa shape index (κ1) is 25.2. The number of carbonyl (C=O) groups is 3. The summed E-state index contributed by atoms with van der Waals surface area (Å²) in [6.45, 7) is 9.57. The molecule has 0 aromatic heterocycles. The van der Waals surface area contributed by atoms with Gasteiger partial charge in [0, 0.05) is 27.9 Å². The quantitative estimate of drug-likeness (QED) is 0.422. The average molecular weight is 523 g/mol. The van der Waals surface area contributed by atoms with E-state index in [1.807, 2.05) is 82.0 Å². The Morgan fingerprint density at radius 2 is 1.67 bits per heavy atom. The zero-order valence-electron chi connectivity index (χ0n) is 22.7. The molecule has 3 aromatic rings. The van der Waals surface area contributed by atoms with Gasteiger partial charge >= 0.3 is 0 Å². The van der Waals surface area contributed by atoms with Gasteiger partial charge in [-0.1, -0.05) is 56.7 Å². The largest absolute Gasteiger partial charge is 0.352 e. The third kappa shape index (κ3) is 3.47. The Kier molecular flexibility index (Phi) is 5.48. The Bertz CT molecular complexity index is 1580. The highest BCUT2D eigenvalue weighted by molar-refractivity contribution is 6.17. The number of halogens is 1. The fourth-order valence-electron chi connectivity index (χ4n) is 6.78. The van der Waals surface area contributed by atoms with Gasteiger partial charge in [-0.3, -0.25) is 14.4 Å². The van der Waals surface area contributed by atoms with Crippen LogP contribution in [0.3, 0.4) is 0 Å². The standard InChI is InChI=1S/C33H31FN2O3/c1-18-10-15-25-22(16-18)19(2)17-26-33(23-8-6-7-9-24(23)35-31(33)39)27(28(36(25)26)30(38)32(3,4)5)29(37)20-11-13-21(34)14-12-20/h6-17,26-28H,1-5H3,(H,35,39)/t26-,27-,28-,33-/m0/s1. The monoisotopic (exact) mass is 522 g/mol. The van der Waals surface area contributed by atoms with Crippen LogP contribution in [0, 0.1) is 24.1 Å². The van der Waals surface area contributed by atoms with Crippen molar-refractivity contribution in [3.63, 3.8) is 0 Å². The lowest BCUT2D eigenvalue weighted by atomic mass is 9.63. The summed E-state index contributed by atoms with van der Waals surface area (Å²) in [5.74, 6) is -2.28. The topological polar surface area (TPSA) is 66.5 Å². The van der Waals surface area contributed by atoms with E-state index in [9.17, 15) is 18.8 Å². The van der Waals surface area contributed by atoms with E-state index < -0.39 is 34.6 Å². The lowest BCUT2D eigenvalue weighted by Crippen LogP contribution is -2.51. The Hall–Kier alpha value is -4.06. The number of para-hydroxylation sites is 1. The SMILES string of the molecule is CC1=C[C@@H]2N(c3ccc(C)cc31)[C@H](C(=O)C(C)(C)C)[C@@H](C(=O)c1ccc(F)cc1)[C@@]21C(=O)Nc2ccccc21. The van der Waals surface area contributed by atoms with Crippen molar-refractivity contribution in [3.05, 3.63) is 101 Å². The molecule has 5 nitrogen and oxygen atoms in total. The van der Waals surface area contributed by atoms with Gasteiger partial charge < -0.3 is 10.2 Å². The molecule has 0 unspecified atom stereocenters. The molecular weight excluding hydrogens is 491 g/mol. The number of carbonyl (C=O) groups excluding carboxylic acids is 3. The number of allylic oxidation sites excluding steroid dienone is 1. The molecule has 3 aromatic carbocycles. The predicted molar refractivity (Wildman–Crippen MR) is 150 cm³/mol. The number of nitrogens with one attached hydrogen (secondary N) is 1. The van der Waals surface area contributed by atoms with Gasteiger partial charge in [-0.25, -0.2) is 4.39 Å². The number of hydrogen-bond acceptors (Lipinski definition) is 4. The molecule has 4 atom stereocenters. The highest BCUT2D eigenvalue weighted by atomic mass is 19.1. The van der Waals surface area contributed by atoms with Gasteiger partial charge in [0.2, 0.25) is 5.91 Å². The Morgan fingerprint density at radius 1 is 0.974 bits per heavy atom. The first-order valence-corrected chi connectivity index (χ1v) is 13.3. The molecule has 3 heterocycles. The van der Waals surface area contributed by atoms with Crippen LogP contribution in [0.15, 0.2) is 72.8 Å². The number of nitrogens with zero attached hydrogens (tertiary/aromatic N) is 1. The number of benzene rings is 3. The molecule has 1 saturated heterocycles. The van der Waals surface area contributed by atoms with Crippen LogP contribution < -0.4 is 10.2 Å². The second kappa shape index (κ2) is 8.47. The molecule has 6 rings (SSSR count). The molecule has 1 spiro atoms. The summed E-state index contributed by atoms with van der Waals surface area (Å²) in [7, 11) is 0. The summed E-state index contributed by atoms with van der Waals surface area (Å²) >= 11 is 0. The first-order valence-electron chi connectivity index (χ1n) is 13.3. The van der Waals surface area contributed by atoms with Crippen molar-refractivity contribution in [2.24, 2.45) is 11.3 Å². The summed E-state index contributed by atoms with van der Waals surface area (Å²) in [6.07, 6.45) is 2.05. The molecule has 3 aliphatic heterocycles. The molecule has 0 saturated carbocycles. The van der Waals surface area contributed by atoms with Crippen molar-refractivity contribution in [2.45, 2.75) is 52.1 Å². The van der Waals surface area contributed by atoms with Gasteiger partial charge in [0.25, 0.3) is 0 Å². The van der Waals surface area contributed by atoms with Crippen LogP contribution in [-0.2, 0) is 15.0 Å². The summed E-state index contributed by atoms with van der Waals surface area (Å²) in [5.41, 5.74) is 3.34. The maximum absolute atomic E-state index is 14.6. The summed E-state index contributed by atoms with van der Waals surface area (Å²) in [6, 6.07) is 17.4. The minimum absolute atomic E-state index is 0.124. The van der Waals surface area contributed by atoms with Gasteiger partial charge in [0.05, 0.1) is 12.0 Å². The highest BCUT2D eigenvalue weighted by Crippen LogP contribution is 2.59. The maximum Gasteiger partial charge on any atom is 0.238 e. The van der Waals surface area contributed by atoms with Crippen LogP contribution in [-0.4, -0.2) is 29.6 Å². The van der Waals surface area contributed by atoms with Crippen molar-refractivity contribution in [1.29, 1.82) is 0 Å². The molecule has 198 valence electrons. The maximum atomic E-state index is 14.6. The van der Waals surface area contributed by atoms with Crippen LogP contribution in [0.4, 0.5) is 15.8 Å². The van der Waals surface area contributed by atoms with Crippen LogP contribution >= 0.6 is 0 Å². The van der Waals surface area contributed by atoms with E-state index in [1.165, 1.54) is 24.3 Å². The summed E-state index contributed by atoms with van der Waals surface area (Å²) < 4.78 is 13.9. The van der Waals surface area contributed by atoms with Gasteiger partial charge in [-0.2, -0.15) is 0 Å². The van der Waals surface area contributed by atoms with Gasteiger partial charge in [-0.15, -0.1) is 0 Å². The van der Waals surface area contributed by atoms with Crippen molar-refractivity contribution < 1.29 is 18.8 Å². The third-order valence-corrected chi connectivity index (χ3v) is 8.55. The van der Waals surface area contributed by atoms with Crippen molar-refractivity contribution in [1.82, 2.24) is 0 Å². The fourth-order valence-corrected chi connectivity index (χ4v) is 6.78. The molecule has 1 N–H and O–H groups in total. The molecule has 6 heteroatoms. The number of anilines is 2. The molecule has 0 radical (unpaired) electrons. The molecule has 0 aliphatic carbocycles. The molecular formula is C33H31FN2O3. The smallest absolute Gasteiger partial charge is 0.238 e. The van der Waals surface area contributed by atoms with Gasteiger partial charge in [0.1, 0.15) is 17.3 Å². The van der Waals surface area contributed by atoms with Crippen LogP contribution in [0.25, 0.3) is 5.57 Å². The number of rotatable bonds is 3. The van der Waals surface area contributed by atoms with Crippen molar-refractivity contribution in [2.75, 3.05) is 10.2 Å². The summed E-state index contributed by atoms with van der Waals surface area (Å²) in [5, 5.41) is 3.04. The predicted octanol–water partition coefficient (Wildman–Crippen LogP) is 6.11. The molecule has 39 heavy (non-hydrogen) atoms. The van der Waals surface area contributed by atoms with E-state index in [2.05, 4.69) is 11.4 Å². The lowest BCUT2D eigenvalue weighted by Gasteiger charge is -2.40. The normalized spacial score (nSPS) is 25.1. The number of fused-ring (bicyclic) bond motifs is 6. The van der Waals surface area contributed by atoms with Crippen molar-refractivity contribution >= 4 is 34.4 Å². The number of ketones is 2. The fraction of sp³-hybridized carbons (Fsp3) is 0.303. The zero-order valence-corrected chi connectivity index (χ0v) is 22.7. The lowest BCUT2D eigenvalue weighted by molar-refractivity contribution is -0.128. The first-order chi connectivity index (χ1) is 18.5. The van der Waals surface area contributed by atoms with Gasteiger partial charge in [-0.05, 0) is 67.4 Å². The summed E-state index contributed by atoms with van der Waals surface area (Å²) in [4.78, 5) is 45.4. The number of amides is 1. The molecule has 1 fully saturated rings. The highest BCUT2D eigenvalue weighted by Gasteiger charge is 2.71. The molecule has 3 aliphatic rings. The second-order valence-corrected chi connectivity index (χ2v) is 12.0. The third-order valence-electron chi connectivity index (χ3n) is 8.55. The molecule has 1 amide bonds. The van der Waals surface area contributed by atoms with E-state index in [0.717, 1.165) is 22.4 Å². The Morgan fingerprint density at radius 3 is 2.36 bits per heavy atom. The number of aryl methyl sites for hydroxylation is 1. The van der Waals surface area contributed by atoms with E-state index in [0.29, 0.717) is 11.3 Å². The van der Waals surface area contributed by atoms with Crippen LogP contribution in [0.5, 0.6) is 0 Å². The van der Waals surface area contributed by atoms with E-state index in [1.54, 1.807) is 0 Å². The van der Waals surface area contributed by atoms with Gasteiger partial charge in [0.15, 0.2) is 11.6 Å². The zero-order chi connectivity index (χ0) is 27.9. The second-order valence-electron chi connectivity index (χ2n) is 12.0. The van der Waals surface area contributed by atoms with Crippen LogP contribution in [0.1, 0.15) is 54.7 Å². The van der Waals surface area contributed by atoms with Crippen LogP contribution in [0.2, 0.25) is 0 Å². The van der Waals surface area contributed by atoms with E-state index in [-0.39, 0.29) is 23.0 Å².